The predicted octanol–water partition coefficient (Wildman–Crippen LogP) is 9.92. The maximum atomic E-state index is 14.2. The van der Waals surface area contributed by atoms with Gasteiger partial charge in [0.15, 0.2) is 0 Å². The first-order valence-corrected chi connectivity index (χ1v) is 19.3. The van der Waals surface area contributed by atoms with Gasteiger partial charge in [0, 0.05) is 17.8 Å². The molecule has 50 heavy (non-hydrogen) atoms. The molecule has 0 bridgehead atoms. The van der Waals surface area contributed by atoms with Crippen molar-refractivity contribution < 1.29 is 23.8 Å². The third-order valence-corrected chi connectivity index (χ3v) is 15.7. The van der Waals surface area contributed by atoms with E-state index in [0.29, 0.717) is 37.9 Å². The summed E-state index contributed by atoms with van der Waals surface area (Å²) in [7, 11) is 1.48. The van der Waals surface area contributed by atoms with Gasteiger partial charge in [-0.15, -0.1) is 0 Å². The molecule has 5 heteroatoms. The molecule has 0 heterocycles. The van der Waals surface area contributed by atoms with E-state index in [1.807, 2.05) is 18.2 Å². The zero-order chi connectivity index (χ0) is 35.7. The molecule has 5 aliphatic rings. The normalized spacial score (nSPS) is 40.0. The average molecular weight is 681 g/mol. The van der Waals surface area contributed by atoms with Gasteiger partial charge in [0.1, 0.15) is 11.2 Å². The van der Waals surface area contributed by atoms with Crippen LogP contribution in [0, 0.1) is 50.2 Å². The molecule has 5 nitrogen and oxygen atoms in total. The molecule has 270 valence electrons. The summed E-state index contributed by atoms with van der Waals surface area (Å²) in [6, 6.07) is 20.8. The number of allylic oxidation sites excluding steroid dienone is 2. The summed E-state index contributed by atoms with van der Waals surface area (Å²) in [5, 5.41) is 0. The van der Waals surface area contributed by atoms with Crippen LogP contribution in [0.5, 0.6) is 0 Å². The third-order valence-electron chi connectivity index (χ3n) is 15.7. The lowest BCUT2D eigenvalue weighted by molar-refractivity contribution is -0.230. The monoisotopic (exact) mass is 680 g/mol. The Morgan fingerprint density at radius 3 is 1.96 bits per heavy atom. The molecular formula is C45H60O5. The van der Waals surface area contributed by atoms with Crippen LogP contribution < -0.4 is 0 Å². The van der Waals surface area contributed by atoms with E-state index in [-0.39, 0.29) is 51.9 Å². The summed E-state index contributed by atoms with van der Waals surface area (Å²) in [5.74, 6) is 0.790. The van der Waals surface area contributed by atoms with Crippen molar-refractivity contribution in [3.63, 3.8) is 0 Å². The van der Waals surface area contributed by atoms with Crippen molar-refractivity contribution in [3.8, 4) is 0 Å². The van der Waals surface area contributed by atoms with E-state index in [9.17, 15) is 9.59 Å². The van der Waals surface area contributed by atoms with Crippen molar-refractivity contribution in [2.24, 2.45) is 50.2 Å². The quantitative estimate of drug-likeness (QED) is 0.215. The summed E-state index contributed by atoms with van der Waals surface area (Å²) in [4.78, 5) is 28.1. The number of hydrogen-bond donors (Lipinski definition) is 0. The van der Waals surface area contributed by atoms with Crippen LogP contribution in [0.3, 0.4) is 0 Å². The number of carbonyl (C=O) groups excluding carboxylic acids is 2. The largest absolute Gasteiger partial charge is 0.468 e. The standard InChI is InChI=1S/C45H60O5/c1-40(2)25-33-32-19-20-35-42(5)23-22-37(49-28-30-15-11-9-12-16-30)41(3,4)34(42)21-24-43(35,6)44(32,7)27-38(50-29-31-17-13-10-14-18-31)45(33,26-36(40)46)39(47)48-8/h9-19,33-35,37-38H,20-29H2,1-8H3/t33?,34?,35?,37-,38+,42-,43+,44+,45+/m0/s1. The van der Waals surface area contributed by atoms with Gasteiger partial charge in [-0.1, -0.05) is 121 Å². The van der Waals surface area contributed by atoms with E-state index in [1.54, 1.807) is 0 Å². The van der Waals surface area contributed by atoms with Crippen LogP contribution in [0.1, 0.15) is 111 Å². The van der Waals surface area contributed by atoms with Gasteiger partial charge in [-0.25, -0.2) is 0 Å². The molecule has 7 rings (SSSR count). The highest BCUT2D eigenvalue weighted by atomic mass is 16.5. The smallest absolute Gasteiger partial charge is 0.315 e. The van der Waals surface area contributed by atoms with Crippen LogP contribution in [0.2, 0.25) is 0 Å². The van der Waals surface area contributed by atoms with Gasteiger partial charge < -0.3 is 14.2 Å². The van der Waals surface area contributed by atoms with E-state index in [4.69, 9.17) is 14.2 Å². The van der Waals surface area contributed by atoms with Gasteiger partial charge in [0.2, 0.25) is 0 Å². The Hall–Kier alpha value is -2.76. The first kappa shape index (κ1) is 35.6. The van der Waals surface area contributed by atoms with Crippen LogP contribution in [0.15, 0.2) is 72.3 Å². The number of Topliss-reactive ketones (excluding diaryl/α,β-unsaturated/α-hetero) is 1. The molecule has 0 aromatic heterocycles. The van der Waals surface area contributed by atoms with Gasteiger partial charge >= 0.3 is 5.97 Å². The van der Waals surface area contributed by atoms with E-state index >= 15 is 0 Å². The van der Waals surface area contributed by atoms with Crippen molar-refractivity contribution in [1.29, 1.82) is 0 Å². The molecule has 4 saturated carbocycles. The molecule has 0 aliphatic heterocycles. The summed E-state index contributed by atoms with van der Waals surface area (Å²) in [5.41, 5.74) is 2.20. The van der Waals surface area contributed by atoms with Crippen LogP contribution in [0.25, 0.3) is 0 Å². The van der Waals surface area contributed by atoms with E-state index in [2.05, 4.69) is 97.0 Å². The zero-order valence-corrected chi connectivity index (χ0v) is 31.8. The maximum Gasteiger partial charge on any atom is 0.315 e. The first-order chi connectivity index (χ1) is 23.6. The number of carbonyl (C=O) groups is 2. The molecule has 2 aromatic carbocycles. The van der Waals surface area contributed by atoms with E-state index < -0.39 is 16.9 Å². The number of fused-ring (bicyclic) bond motifs is 7. The zero-order valence-electron chi connectivity index (χ0n) is 31.8. The maximum absolute atomic E-state index is 14.2. The molecule has 4 fully saturated rings. The number of rotatable bonds is 7. The highest BCUT2D eigenvalue weighted by molar-refractivity contribution is 5.93. The fourth-order valence-corrected chi connectivity index (χ4v) is 12.7. The van der Waals surface area contributed by atoms with E-state index in [0.717, 1.165) is 37.7 Å². The van der Waals surface area contributed by atoms with Crippen LogP contribution in [0.4, 0.5) is 0 Å². The minimum absolute atomic E-state index is 0.0123. The van der Waals surface area contributed by atoms with Gasteiger partial charge in [-0.3, -0.25) is 9.59 Å². The van der Waals surface area contributed by atoms with Crippen LogP contribution in [-0.2, 0) is 37.0 Å². The lowest BCUT2D eigenvalue weighted by atomic mass is 9.33. The Balaban J connectivity index is 1.26. The molecule has 0 saturated heterocycles. The van der Waals surface area contributed by atoms with Crippen molar-refractivity contribution >= 4 is 11.8 Å². The average Bonchev–Trinajstić information content (AvgIpc) is 3.08. The van der Waals surface area contributed by atoms with Crippen molar-refractivity contribution in [2.45, 2.75) is 125 Å². The number of ketones is 1. The second-order valence-corrected chi connectivity index (χ2v) is 18.7. The molecule has 2 aromatic rings. The van der Waals surface area contributed by atoms with Crippen LogP contribution in [-0.4, -0.2) is 31.1 Å². The van der Waals surface area contributed by atoms with Gasteiger partial charge in [-0.2, -0.15) is 0 Å². The Morgan fingerprint density at radius 2 is 1.36 bits per heavy atom. The molecule has 9 atom stereocenters. The Bertz CT molecular complexity index is 1630. The van der Waals surface area contributed by atoms with Crippen molar-refractivity contribution in [3.05, 3.63) is 83.4 Å². The Morgan fingerprint density at radius 1 is 0.760 bits per heavy atom. The molecule has 0 N–H and O–H groups in total. The molecule has 5 aliphatic carbocycles. The van der Waals surface area contributed by atoms with Crippen molar-refractivity contribution in [2.75, 3.05) is 7.11 Å². The Kier molecular flexibility index (Phi) is 8.86. The second kappa shape index (κ2) is 12.4. The molecule has 0 radical (unpaired) electrons. The first-order valence-electron chi connectivity index (χ1n) is 19.3. The van der Waals surface area contributed by atoms with Crippen molar-refractivity contribution in [1.82, 2.24) is 0 Å². The predicted molar refractivity (Wildman–Crippen MR) is 197 cm³/mol. The molecule has 0 spiro atoms. The van der Waals surface area contributed by atoms with Crippen LogP contribution >= 0.6 is 0 Å². The number of ether oxygens (including phenoxy) is 3. The minimum atomic E-state index is -1.03. The molecule has 0 amide bonds. The summed E-state index contributed by atoms with van der Waals surface area (Å²) in [6.07, 6.45) is 9.40. The molecule has 3 unspecified atom stereocenters. The fourth-order valence-electron chi connectivity index (χ4n) is 12.7. The molecular weight excluding hydrogens is 620 g/mol. The minimum Gasteiger partial charge on any atom is -0.468 e. The number of hydrogen-bond acceptors (Lipinski definition) is 5. The highest BCUT2D eigenvalue weighted by Gasteiger charge is 2.72. The van der Waals surface area contributed by atoms with Gasteiger partial charge in [0.05, 0.1) is 32.5 Å². The lowest BCUT2D eigenvalue weighted by Crippen LogP contribution is -2.68. The van der Waals surface area contributed by atoms with Gasteiger partial charge in [-0.05, 0) is 89.6 Å². The Labute approximate surface area is 300 Å². The SMILES string of the molecule is COC(=O)[C@]12CC(=O)C(C)(C)CC1C1=CCC3[C@@]4(C)CC[C@H](OCc5ccccc5)C(C)(C)C4CC[C@@]3(C)[C@]1(C)C[C@H]2OCc1ccccc1. The number of esters is 1. The summed E-state index contributed by atoms with van der Waals surface area (Å²) >= 11 is 0. The van der Waals surface area contributed by atoms with Gasteiger partial charge in [0.25, 0.3) is 0 Å². The number of methoxy groups -OCH3 is 1. The summed E-state index contributed by atoms with van der Waals surface area (Å²) in [6.45, 7) is 17.8. The lowest BCUT2D eigenvalue weighted by Gasteiger charge is -2.72. The fraction of sp³-hybridized carbons (Fsp3) is 0.644. The topological polar surface area (TPSA) is 61.8 Å². The number of benzene rings is 2. The van der Waals surface area contributed by atoms with E-state index in [1.165, 1.54) is 18.2 Å². The second-order valence-electron chi connectivity index (χ2n) is 18.7. The highest BCUT2D eigenvalue weighted by Crippen LogP contribution is 2.76. The summed E-state index contributed by atoms with van der Waals surface area (Å²) < 4.78 is 19.4. The third kappa shape index (κ3) is 5.22.